The van der Waals surface area contributed by atoms with Crippen LogP contribution in [-0.2, 0) is 10.2 Å². The Bertz CT molecular complexity index is 490. The standard InChI is InChI=1S/C8H12Cl2N4O2S/c1-3-14(4-2)17(15,16)13-8-6(9)7(10)11-5-12-8/h5H,3-4H2,1-2H3,(H,11,12,13). The maximum atomic E-state index is 11.9. The molecule has 0 spiro atoms. The van der Waals surface area contributed by atoms with Crippen molar-refractivity contribution in [3.63, 3.8) is 0 Å². The van der Waals surface area contributed by atoms with Crippen molar-refractivity contribution >= 4 is 39.2 Å². The van der Waals surface area contributed by atoms with E-state index in [4.69, 9.17) is 23.2 Å². The van der Waals surface area contributed by atoms with Crippen molar-refractivity contribution in [2.24, 2.45) is 0 Å². The number of nitrogens with one attached hydrogen (secondary N) is 1. The first-order valence-electron chi connectivity index (χ1n) is 4.86. The van der Waals surface area contributed by atoms with E-state index in [9.17, 15) is 8.42 Å². The highest BCUT2D eigenvalue weighted by Crippen LogP contribution is 2.26. The second-order valence-corrected chi connectivity index (χ2v) is 5.43. The fourth-order valence-electron chi connectivity index (χ4n) is 1.17. The lowest BCUT2D eigenvalue weighted by atomic mass is 10.6. The SMILES string of the molecule is CCN(CC)S(=O)(=O)Nc1ncnc(Cl)c1Cl. The molecule has 0 saturated heterocycles. The van der Waals surface area contributed by atoms with Gasteiger partial charge in [0.05, 0.1) is 0 Å². The van der Waals surface area contributed by atoms with Gasteiger partial charge in [0.25, 0.3) is 0 Å². The lowest BCUT2D eigenvalue weighted by Gasteiger charge is -2.19. The van der Waals surface area contributed by atoms with Crippen LogP contribution >= 0.6 is 23.2 Å². The summed E-state index contributed by atoms with van der Waals surface area (Å²) >= 11 is 11.4. The Morgan fingerprint density at radius 1 is 1.29 bits per heavy atom. The van der Waals surface area contributed by atoms with Crippen molar-refractivity contribution in [3.05, 3.63) is 16.5 Å². The Hall–Kier alpha value is -0.630. The molecule has 0 aliphatic rings. The highest BCUT2D eigenvalue weighted by Gasteiger charge is 2.21. The summed E-state index contributed by atoms with van der Waals surface area (Å²) in [6.45, 7) is 4.17. The van der Waals surface area contributed by atoms with Crippen molar-refractivity contribution in [1.29, 1.82) is 0 Å². The van der Waals surface area contributed by atoms with Crippen molar-refractivity contribution in [2.75, 3.05) is 17.8 Å². The van der Waals surface area contributed by atoms with E-state index in [0.29, 0.717) is 13.1 Å². The summed E-state index contributed by atoms with van der Waals surface area (Å²) in [7, 11) is -3.66. The van der Waals surface area contributed by atoms with Crippen LogP contribution in [0.5, 0.6) is 0 Å². The van der Waals surface area contributed by atoms with E-state index >= 15 is 0 Å². The number of hydrogen-bond donors (Lipinski definition) is 1. The number of rotatable bonds is 5. The Morgan fingerprint density at radius 2 is 1.88 bits per heavy atom. The first-order valence-corrected chi connectivity index (χ1v) is 7.05. The van der Waals surface area contributed by atoms with Crippen LogP contribution in [0.25, 0.3) is 0 Å². The molecule has 0 radical (unpaired) electrons. The predicted molar refractivity (Wildman–Crippen MR) is 67.5 cm³/mol. The summed E-state index contributed by atoms with van der Waals surface area (Å²) in [5.74, 6) is -0.0291. The molecular formula is C8H12Cl2N4O2S. The molecular weight excluding hydrogens is 287 g/mol. The topological polar surface area (TPSA) is 75.2 Å². The van der Waals surface area contributed by atoms with Crippen LogP contribution in [0.15, 0.2) is 6.33 Å². The summed E-state index contributed by atoms with van der Waals surface area (Å²) in [6, 6.07) is 0. The Balaban J connectivity index is 3.02. The second kappa shape index (κ2) is 5.81. The van der Waals surface area contributed by atoms with Crippen LogP contribution in [0.3, 0.4) is 0 Å². The summed E-state index contributed by atoms with van der Waals surface area (Å²) < 4.78 is 27.3. The molecule has 0 saturated carbocycles. The molecule has 0 atom stereocenters. The Morgan fingerprint density at radius 3 is 2.41 bits per heavy atom. The van der Waals surface area contributed by atoms with Crippen LogP contribution in [0.2, 0.25) is 10.2 Å². The van der Waals surface area contributed by atoms with Crippen molar-refractivity contribution in [3.8, 4) is 0 Å². The lowest BCUT2D eigenvalue weighted by Crippen LogP contribution is -2.35. The molecule has 1 aromatic heterocycles. The Labute approximate surface area is 110 Å². The van der Waals surface area contributed by atoms with Crippen LogP contribution in [0.4, 0.5) is 5.82 Å². The molecule has 1 heterocycles. The van der Waals surface area contributed by atoms with Gasteiger partial charge in [0.15, 0.2) is 11.0 Å². The molecule has 1 aromatic rings. The smallest absolute Gasteiger partial charge is 0.253 e. The van der Waals surface area contributed by atoms with Gasteiger partial charge < -0.3 is 0 Å². The maximum absolute atomic E-state index is 11.9. The lowest BCUT2D eigenvalue weighted by molar-refractivity contribution is 0.449. The van der Waals surface area contributed by atoms with Crippen LogP contribution in [0.1, 0.15) is 13.8 Å². The van der Waals surface area contributed by atoms with Crippen molar-refractivity contribution in [2.45, 2.75) is 13.8 Å². The van der Waals surface area contributed by atoms with E-state index in [1.54, 1.807) is 13.8 Å². The van der Waals surface area contributed by atoms with Gasteiger partial charge in [-0.1, -0.05) is 37.0 Å². The quantitative estimate of drug-likeness (QED) is 0.841. The minimum atomic E-state index is -3.66. The van der Waals surface area contributed by atoms with Crippen LogP contribution < -0.4 is 4.72 Å². The maximum Gasteiger partial charge on any atom is 0.302 e. The van der Waals surface area contributed by atoms with Gasteiger partial charge >= 0.3 is 10.2 Å². The predicted octanol–water partition coefficient (Wildman–Crippen LogP) is 1.78. The number of halogens is 2. The third-order valence-corrected chi connectivity index (χ3v) is 4.41. The van der Waals surface area contributed by atoms with Gasteiger partial charge in [-0.05, 0) is 0 Å². The number of hydrogen-bond acceptors (Lipinski definition) is 4. The fourth-order valence-corrected chi connectivity index (χ4v) is 2.71. The molecule has 1 N–H and O–H groups in total. The molecule has 0 fully saturated rings. The molecule has 1 rings (SSSR count). The van der Waals surface area contributed by atoms with Gasteiger partial charge in [-0.3, -0.25) is 4.72 Å². The first-order chi connectivity index (χ1) is 7.92. The average Bonchev–Trinajstić information content (AvgIpc) is 2.26. The van der Waals surface area contributed by atoms with Gasteiger partial charge in [-0.2, -0.15) is 12.7 Å². The van der Waals surface area contributed by atoms with Gasteiger partial charge in [-0.15, -0.1) is 0 Å². The zero-order chi connectivity index (χ0) is 13.1. The second-order valence-electron chi connectivity index (χ2n) is 3.02. The van der Waals surface area contributed by atoms with E-state index in [0.717, 1.165) is 6.33 Å². The number of aromatic nitrogens is 2. The van der Waals surface area contributed by atoms with Gasteiger partial charge in [-0.25, -0.2) is 9.97 Å². The van der Waals surface area contributed by atoms with Crippen LogP contribution in [0, 0.1) is 0 Å². The molecule has 17 heavy (non-hydrogen) atoms. The highest BCUT2D eigenvalue weighted by atomic mass is 35.5. The number of anilines is 1. The fraction of sp³-hybridized carbons (Fsp3) is 0.500. The summed E-state index contributed by atoms with van der Waals surface area (Å²) in [5.41, 5.74) is 0. The van der Waals surface area contributed by atoms with Crippen molar-refractivity contribution < 1.29 is 8.42 Å². The molecule has 0 unspecified atom stereocenters. The monoisotopic (exact) mass is 298 g/mol. The molecule has 0 bridgehead atoms. The normalized spacial score (nSPS) is 11.8. The van der Waals surface area contributed by atoms with Gasteiger partial charge in [0.1, 0.15) is 11.3 Å². The highest BCUT2D eigenvalue weighted by molar-refractivity contribution is 7.90. The van der Waals surface area contributed by atoms with Gasteiger partial charge in [0, 0.05) is 13.1 Å². The zero-order valence-corrected chi connectivity index (χ0v) is 11.6. The van der Waals surface area contributed by atoms with E-state index < -0.39 is 10.2 Å². The van der Waals surface area contributed by atoms with E-state index in [1.807, 2.05) is 0 Å². The average molecular weight is 299 g/mol. The van der Waals surface area contributed by atoms with E-state index in [-0.39, 0.29) is 16.0 Å². The summed E-state index contributed by atoms with van der Waals surface area (Å²) in [6.07, 6.45) is 1.13. The van der Waals surface area contributed by atoms with Crippen molar-refractivity contribution in [1.82, 2.24) is 14.3 Å². The molecule has 0 aliphatic heterocycles. The molecule has 9 heteroatoms. The Kier molecular flexibility index (Phi) is 4.93. The third-order valence-electron chi connectivity index (χ3n) is 2.02. The summed E-state index contributed by atoms with van der Waals surface area (Å²) in [5, 5.41) is -0.0242. The molecule has 0 aromatic carbocycles. The molecule has 96 valence electrons. The van der Waals surface area contributed by atoms with E-state index in [2.05, 4.69) is 14.7 Å². The minimum absolute atomic E-state index is 0.00101. The van der Waals surface area contributed by atoms with Crippen LogP contribution in [-0.4, -0.2) is 35.8 Å². The van der Waals surface area contributed by atoms with Gasteiger partial charge in [0.2, 0.25) is 0 Å². The first kappa shape index (κ1) is 14.4. The summed E-state index contributed by atoms with van der Waals surface area (Å²) in [4.78, 5) is 7.36. The molecule has 6 nitrogen and oxygen atoms in total. The zero-order valence-electron chi connectivity index (χ0n) is 9.31. The molecule has 0 amide bonds. The third kappa shape index (κ3) is 3.41. The molecule has 0 aliphatic carbocycles. The minimum Gasteiger partial charge on any atom is -0.253 e. The largest absolute Gasteiger partial charge is 0.302 e. The van der Waals surface area contributed by atoms with E-state index in [1.165, 1.54) is 4.31 Å². The number of nitrogens with zero attached hydrogens (tertiary/aromatic N) is 3.